The van der Waals surface area contributed by atoms with E-state index in [4.69, 9.17) is 0 Å². The highest BCUT2D eigenvalue weighted by atomic mass is 16.1. The molecule has 0 aromatic heterocycles. The summed E-state index contributed by atoms with van der Waals surface area (Å²) in [4.78, 5) is 11.6. The molecule has 0 aliphatic carbocycles. The minimum Gasteiger partial charge on any atom is -0.307 e. The lowest BCUT2D eigenvalue weighted by molar-refractivity contribution is 0.0987. The first-order chi connectivity index (χ1) is 6.74. The van der Waals surface area contributed by atoms with Crippen LogP contribution in [0.2, 0.25) is 0 Å². The molecule has 0 radical (unpaired) electrons. The predicted octanol–water partition coefficient (Wildman–Crippen LogP) is 2.26. The fourth-order valence-electron chi connectivity index (χ4n) is 1.14. The lowest BCUT2D eigenvalue weighted by Gasteiger charge is -2.09. The van der Waals surface area contributed by atoms with E-state index in [1.165, 1.54) is 0 Å². The summed E-state index contributed by atoms with van der Waals surface area (Å²) in [5.74, 6) is 0.158. The fourth-order valence-corrected chi connectivity index (χ4v) is 1.14. The van der Waals surface area contributed by atoms with Crippen molar-refractivity contribution in [1.29, 1.82) is 0 Å². The standard InChI is InChI=1S/C12H17NO/c1-3-10(2)13-9-12(14)11-7-5-4-6-8-11/h4-8,10,13H,3,9H2,1-2H3. The Kier molecular flexibility index (Phi) is 4.33. The Bertz CT molecular complexity index is 282. The molecule has 0 saturated heterocycles. The van der Waals surface area contributed by atoms with Crippen molar-refractivity contribution in [3.8, 4) is 0 Å². The van der Waals surface area contributed by atoms with Gasteiger partial charge in [-0.15, -0.1) is 0 Å². The van der Waals surface area contributed by atoms with Crippen LogP contribution >= 0.6 is 0 Å². The highest BCUT2D eigenvalue weighted by Gasteiger charge is 2.05. The SMILES string of the molecule is CCC(C)NCC(=O)c1ccccc1. The second-order valence-corrected chi connectivity index (χ2v) is 3.48. The van der Waals surface area contributed by atoms with E-state index in [-0.39, 0.29) is 5.78 Å². The van der Waals surface area contributed by atoms with Gasteiger partial charge in [0.05, 0.1) is 6.54 Å². The van der Waals surface area contributed by atoms with Crippen LogP contribution in [0.4, 0.5) is 0 Å². The van der Waals surface area contributed by atoms with Gasteiger partial charge in [0.15, 0.2) is 5.78 Å². The van der Waals surface area contributed by atoms with Gasteiger partial charge in [-0.3, -0.25) is 4.79 Å². The first-order valence-electron chi connectivity index (χ1n) is 5.05. The smallest absolute Gasteiger partial charge is 0.176 e. The number of benzene rings is 1. The van der Waals surface area contributed by atoms with Gasteiger partial charge in [-0.25, -0.2) is 0 Å². The lowest BCUT2D eigenvalue weighted by atomic mass is 10.1. The predicted molar refractivity (Wildman–Crippen MR) is 58.5 cm³/mol. The molecule has 1 N–H and O–H groups in total. The van der Waals surface area contributed by atoms with Crippen LogP contribution in [0.3, 0.4) is 0 Å². The summed E-state index contributed by atoms with van der Waals surface area (Å²) in [6.07, 6.45) is 1.04. The zero-order valence-electron chi connectivity index (χ0n) is 8.79. The molecule has 0 saturated carbocycles. The Morgan fingerprint density at radius 2 is 2.00 bits per heavy atom. The highest BCUT2D eigenvalue weighted by molar-refractivity contribution is 5.97. The molecule has 1 unspecified atom stereocenters. The van der Waals surface area contributed by atoms with Crippen LogP contribution in [-0.2, 0) is 0 Å². The Balaban J connectivity index is 2.44. The molecule has 0 aliphatic heterocycles. The van der Waals surface area contributed by atoms with Crippen LogP contribution in [0.1, 0.15) is 30.6 Å². The maximum atomic E-state index is 11.6. The molecule has 1 aromatic carbocycles. The average Bonchev–Trinajstić information content (AvgIpc) is 2.26. The molecule has 76 valence electrons. The van der Waals surface area contributed by atoms with Crippen molar-refractivity contribution in [2.24, 2.45) is 0 Å². The van der Waals surface area contributed by atoms with Crippen LogP contribution in [-0.4, -0.2) is 18.4 Å². The molecule has 1 aromatic rings. The number of ketones is 1. The summed E-state index contributed by atoms with van der Waals surface area (Å²) < 4.78 is 0. The van der Waals surface area contributed by atoms with E-state index in [1.54, 1.807) is 0 Å². The molecule has 0 heterocycles. The summed E-state index contributed by atoms with van der Waals surface area (Å²) in [5, 5.41) is 3.18. The van der Waals surface area contributed by atoms with Gasteiger partial charge in [-0.05, 0) is 13.3 Å². The monoisotopic (exact) mass is 191 g/mol. The number of carbonyl (C=O) groups is 1. The molecule has 2 nitrogen and oxygen atoms in total. The molecular weight excluding hydrogens is 174 g/mol. The third-order valence-corrected chi connectivity index (χ3v) is 2.32. The van der Waals surface area contributed by atoms with Gasteiger partial charge >= 0.3 is 0 Å². The minimum atomic E-state index is 0.158. The Morgan fingerprint density at radius 3 is 2.57 bits per heavy atom. The lowest BCUT2D eigenvalue weighted by Crippen LogP contribution is -2.30. The summed E-state index contributed by atoms with van der Waals surface area (Å²) in [6, 6.07) is 9.79. The van der Waals surface area contributed by atoms with Gasteiger partial charge in [-0.1, -0.05) is 37.3 Å². The van der Waals surface area contributed by atoms with E-state index < -0.39 is 0 Å². The van der Waals surface area contributed by atoms with Gasteiger partial charge < -0.3 is 5.32 Å². The maximum Gasteiger partial charge on any atom is 0.176 e. The molecule has 1 rings (SSSR count). The normalized spacial score (nSPS) is 12.4. The number of hydrogen-bond donors (Lipinski definition) is 1. The molecular formula is C12H17NO. The third-order valence-electron chi connectivity index (χ3n) is 2.32. The second kappa shape index (κ2) is 5.55. The molecule has 1 atom stereocenters. The van der Waals surface area contributed by atoms with Crippen molar-refractivity contribution in [3.05, 3.63) is 35.9 Å². The van der Waals surface area contributed by atoms with Crippen LogP contribution in [0.5, 0.6) is 0 Å². The van der Waals surface area contributed by atoms with Crippen LogP contribution in [0.15, 0.2) is 30.3 Å². The summed E-state index contributed by atoms with van der Waals surface area (Å²) in [5.41, 5.74) is 0.781. The van der Waals surface area contributed by atoms with E-state index in [0.29, 0.717) is 12.6 Å². The van der Waals surface area contributed by atoms with Crippen molar-refractivity contribution in [3.63, 3.8) is 0 Å². The fraction of sp³-hybridized carbons (Fsp3) is 0.417. The number of hydrogen-bond acceptors (Lipinski definition) is 2. The first kappa shape index (κ1) is 10.9. The number of nitrogens with one attached hydrogen (secondary N) is 1. The molecule has 0 fully saturated rings. The molecule has 0 spiro atoms. The second-order valence-electron chi connectivity index (χ2n) is 3.48. The average molecular weight is 191 g/mol. The molecule has 0 bridgehead atoms. The highest BCUT2D eigenvalue weighted by Crippen LogP contribution is 1.99. The van der Waals surface area contributed by atoms with Gasteiger partial charge in [0.25, 0.3) is 0 Å². The first-order valence-corrected chi connectivity index (χ1v) is 5.05. The van der Waals surface area contributed by atoms with Gasteiger partial charge in [0, 0.05) is 11.6 Å². The number of carbonyl (C=O) groups excluding carboxylic acids is 1. The summed E-state index contributed by atoms with van der Waals surface area (Å²) >= 11 is 0. The number of Topliss-reactive ketones (excluding diaryl/α,β-unsaturated/α-hetero) is 1. The van der Waals surface area contributed by atoms with Gasteiger partial charge in [-0.2, -0.15) is 0 Å². The van der Waals surface area contributed by atoms with Crippen LogP contribution in [0, 0.1) is 0 Å². The maximum absolute atomic E-state index is 11.6. The topological polar surface area (TPSA) is 29.1 Å². The van der Waals surface area contributed by atoms with E-state index in [2.05, 4.69) is 19.2 Å². The summed E-state index contributed by atoms with van der Waals surface area (Å²) in [6.45, 7) is 4.61. The Hall–Kier alpha value is -1.15. The largest absolute Gasteiger partial charge is 0.307 e. The molecule has 2 heteroatoms. The van der Waals surface area contributed by atoms with Crippen LogP contribution < -0.4 is 5.32 Å². The van der Waals surface area contributed by atoms with Crippen molar-refractivity contribution in [2.45, 2.75) is 26.3 Å². The summed E-state index contributed by atoms with van der Waals surface area (Å²) in [7, 11) is 0. The third kappa shape index (κ3) is 3.30. The Morgan fingerprint density at radius 1 is 1.36 bits per heavy atom. The van der Waals surface area contributed by atoms with E-state index >= 15 is 0 Å². The van der Waals surface area contributed by atoms with E-state index in [0.717, 1.165) is 12.0 Å². The molecule has 0 amide bonds. The van der Waals surface area contributed by atoms with E-state index in [1.807, 2.05) is 30.3 Å². The van der Waals surface area contributed by atoms with Crippen molar-refractivity contribution in [1.82, 2.24) is 5.32 Å². The van der Waals surface area contributed by atoms with Crippen molar-refractivity contribution < 1.29 is 4.79 Å². The van der Waals surface area contributed by atoms with Gasteiger partial charge in [0.1, 0.15) is 0 Å². The van der Waals surface area contributed by atoms with Crippen LogP contribution in [0.25, 0.3) is 0 Å². The zero-order chi connectivity index (χ0) is 10.4. The molecule has 0 aliphatic rings. The van der Waals surface area contributed by atoms with Crippen molar-refractivity contribution >= 4 is 5.78 Å². The number of rotatable bonds is 5. The molecule has 14 heavy (non-hydrogen) atoms. The Labute approximate surface area is 85.3 Å². The zero-order valence-corrected chi connectivity index (χ0v) is 8.79. The quantitative estimate of drug-likeness (QED) is 0.723. The van der Waals surface area contributed by atoms with E-state index in [9.17, 15) is 4.79 Å². The van der Waals surface area contributed by atoms with Gasteiger partial charge in [0.2, 0.25) is 0 Å². The van der Waals surface area contributed by atoms with Crippen molar-refractivity contribution in [2.75, 3.05) is 6.54 Å². The minimum absolute atomic E-state index is 0.158.